The van der Waals surface area contributed by atoms with Crippen LogP contribution in [0.3, 0.4) is 0 Å². The van der Waals surface area contributed by atoms with Gasteiger partial charge in [-0.15, -0.1) is 0 Å². The van der Waals surface area contributed by atoms with Crippen molar-refractivity contribution in [3.8, 4) is 5.75 Å². The first-order chi connectivity index (χ1) is 11.5. The second-order valence-corrected chi connectivity index (χ2v) is 6.88. The van der Waals surface area contributed by atoms with Crippen molar-refractivity contribution in [2.45, 2.75) is 52.1 Å². The van der Waals surface area contributed by atoms with E-state index in [1.165, 1.54) is 0 Å². The number of rotatable bonds is 6. The second kappa shape index (κ2) is 8.38. The minimum Gasteiger partial charge on any atom is -0.494 e. The molecule has 0 spiro atoms. The van der Waals surface area contributed by atoms with Crippen molar-refractivity contribution in [1.29, 1.82) is 0 Å². The van der Waals surface area contributed by atoms with Crippen LogP contribution in [0.1, 0.15) is 39.2 Å². The zero-order chi connectivity index (χ0) is 17.7. The number of likely N-dealkylation sites (N-methyl/N-ethyl adjacent to an activating group) is 1. The molecule has 1 aliphatic rings. The summed E-state index contributed by atoms with van der Waals surface area (Å²) in [7, 11) is 1.96. The van der Waals surface area contributed by atoms with E-state index < -0.39 is 0 Å². The van der Waals surface area contributed by atoms with E-state index in [0.717, 1.165) is 29.8 Å². The number of nitrogens with one attached hydrogen (secondary N) is 1. The van der Waals surface area contributed by atoms with Crippen LogP contribution in [-0.2, 0) is 11.2 Å². The zero-order valence-electron chi connectivity index (χ0n) is 15.2. The molecule has 1 amide bonds. The number of fused-ring (bicyclic) bond motifs is 1. The van der Waals surface area contributed by atoms with Crippen LogP contribution in [0.15, 0.2) is 18.2 Å². The number of carbonyl (C=O) groups is 1. The molecule has 5 nitrogen and oxygen atoms in total. The Kier molecular flexibility index (Phi) is 6.49. The average Bonchev–Trinajstić information content (AvgIpc) is 2.54. The van der Waals surface area contributed by atoms with E-state index in [2.05, 4.69) is 12.2 Å². The predicted octanol–water partition coefficient (Wildman–Crippen LogP) is 2.36. The Morgan fingerprint density at radius 1 is 1.42 bits per heavy atom. The van der Waals surface area contributed by atoms with Crippen LogP contribution < -0.4 is 15.0 Å². The summed E-state index contributed by atoms with van der Waals surface area (Å²) < 4.78 is 5.83. The predicted molar refractivity (Wildman–Crippen MR) is 96.6 cm³/mol. The molecule has 0 aromatic heterocycles. The van der Waals surface area contributed by atoms with Gasteiger partial charge in [-0.2, -0.15) is 0 Å². The van der Waals surface area contributed by atoms with Gasteiger partial charge in [-0.3, -0.25) is 4.79 Å². The lowest BCUT2D eigenvalue weighted by atomic mass is 9.95. The molecule has 1 aromatic carbocycles. The molecule has 0 fully saturated rings. The number of carbonyl (C=O) groups excluding carboxylic acids is 1. The largest absolute Gasteiger partial charge is 0.494 e. The van der Waals surface area contributed by atoms with E-state index in [1.54, 1.807) is 0 Å². The molecule has 0 saturated carbocycles. The standard InChI is InChI=1S/C19H30N2O3/c1-5-6-9-24-16-8-7-14-10-15(12-22)20-19(23)18(13(2)3)21(4)17(14)11-16/h7-8,11,13,15,18,22H,5-6,9-10,12H2,1-4H3,(H,20,23)/t15-,18-/m0/s1. The normalized spacial score (nSPS) is 21.1. The highest BCUT2D eigenvalue weighted by Crippen LogP contribution is 2.31. The van der Waals surface area contributed by atoms with E-state index in [4.69, 9.17) is 4.74 Å². The third-order valence-electron chi connectivity index (χ3n) is 4.55. The first-order valence-corrected chi connectivity index (χ1v) is 8.87. The fourth-order valence-corrected chi connectivity index (χ4v) is 3.26. The summed E-state index contributed by atoms with van der Waals surface area (Å²) in [5.41, 5.74) is 2.13. The molecule has 2 rings (SSSR count). The first kappa shape index (κ1) is 18.6. The molecule has 1 heterocycles. The third kappa shape index (κ3) is 4.20. The molecule has 2 atom stereocenters. The number of anilines is 1. The maximum absolute atomic E-state index is 12.6. The van der Waals surface area contributed by atoms with Crippen LogP contribution in [0.5, 0.6) is 5.75 Å². The van der Waals surface area contributed by atoms with Crippen LogP contribution in [0.25, 0.3) is 0 Å². The van der Waals surface area contributed by atoms with Gasteiger partial charge in [0.2, 0.25) is 5.91 Å². The van der Waals surface area contributed by atoms with Crippen molar-refractivity contribution in [2.75, 3.05) is 25.2 Å². The molecule has 1 aliphatic heterocycles. The summed E-state index contributed by atoms with van der Waals surface area (Å²) >= 11 is 0. The number of hydrogen-bond acceptors (Lipinski definition) is 4. The van der Waals surface area contributed by atoms with E-state index in [0.29, 0.717) is 13.0 Å². The van der Waals surface area contributed by atoms with Gasteiger partial charge in [-0.05, 0) is 30.4 Å². The van der Waals surface area contributed by atoms with Crippen LogP contribution in [0.2, 0.25) is 0 Å². The number of aliphatic hydroxyl groups excluding tert-OH is 1. The molecule has 1 aromatic rings. The smallest absolute Gasteiger partial charge is 0.243 e. The monoisotopic (exact) mass is 334 g/mol. The van der Waals surface area contributed by atoms with Crippen LogP contribution in [0, 0.1) is 5.92 Å². The Labute approximate surface area is 145 Å². The Bertz CT molecular complexity index is 560. The number of ether oxygens (including phenoxy) is 1. The lowest BCUT2D eigenvalue weighted by Crippen LogP contribution is -2.54. The summed E-state index contributed by atoms with van der Waals surface area (Å²) in [6.45, 7) is 6.86. The molecule has 0 saturated heterocycles. The lowest BCUT2D eigenvalue weighted by molar-refractivity contribution is -0.124. The SMILES string of the molecule is CCCCOc1ccc2c(c1)N(C)[C@@H](C(C)C)C(=O)N[C@H](CO)C2. The van der Waals surface area contributed by atoms with Gasteiger partial charge >= 0.3 is 0 Å². The highest BCUT2D eigenvalue weighted by atomic mass is 16.5. The van der Waals surface area contributed by atoms with Gasteiger partial charge in [0, 0.05) is 18.8 Å². The van der Waals surface area contributed by atoms with E-state index >= 15 is 0 Å². The number of nitrogens with zero attached hydrogens (tertiary/aromatic N) is 1. The van der Waals surface area contributed by atoms with Gasteiger partial charge in [0.1, 0.15) is 11.8 Å². The van der Waals surface area contributed by atoms with E-state index in [9.17, 15) is 9.90 Å². The van der Waals surface area contributed by atoms with Gasteiger partial charge in [-0.25, -0.2) is 0 Å². The van der Waals surface area contributed by atoms with E-state index in [-0.39, 0.29) is 30.5 Å². The Hall–Kier alpha value is -1.75. The molecule has 24 heavy (non-hydrogen) atoms. The van der Waals surface area contributed by atoms with Gasteiger partial charge < -0.3 is 20.1 Å². The summed E-state index contributed by atoms with van der Waals surface area (Å²) in [6.07, 6.45) is 2.73. The van der Waals surface area contributed by atoms with Crippen LogP contribution in [-0.4, -0.2) is 43.4 Å². The maximum atomic E-state index is 12.6. The van der Waals surface area contributed by atoms with Crippen LogP contribution in [0.4, 0.5) is 5.69 Å². The molecule has 0 unspecified atom stereocenters. The highest BCUT2D eigenvalue weighted by Gasteiger charge is 2.32. The van der Waals surface area contributed by atoms with Gasteiger partial charge in [0.05, 0.1) is 19.3 Å². The minimum absolute atomic E-state index is 0.0329. The van der Waals surface area contributed by atoms with Crippen molar-refractivity contribution in [3.05, 3.63) is 23.8 Å². The van der Waals surface area contributed by atoms with E-state index in [1.807, 2.05) is 44.0 Å². The van der Waals surface area contributed by atoms with Crippen molar-refractivity contribution in [2.24, 2.45) is 5.92 Å². The molecular weight excluding hydrogens is 304 g/mol. The Balaban J connectivity index is 2.36. The lowest BCUT2D eigenvalue weighted by Gasteiger charge is -2.37. The molecule has 5 heteroatoms. The van der Waals surface area contributed by atoms with Crippen molar-refractivity contribution in [1.82, 2.24) is 5.32 Å². The Morgan fingerprint density at radius 3 is 2.79 bits per heavy atom. The van der Waals surface area contributed by atoms with Crippen molar-refractivity contribution >= 4 is 11.6 Å². The minimum atomic E-state index is -0.274. The van der Waals surface area contributed by atoms with Crippen molar-refractivity contribution < 1.29 is 14.6 Å². The zero-order valence-corrected chi connectivity index (χ0v) is 15.2. The summed E-state index contributed by atoms with van der Waals surface area (Å²) in [6, 6.07) is 5.52. The summed E-state index contributed by atoms with van der Waals surface area (Å²) in [5.74, 6) is 0.956. The van der Waals surface area contributed by atoms with Crippen molar-refractivity contribution in [3.63, 3.8) is 0 Å². The van der Waals surface area contributed by atoms with Gasteiger partial charge in [-0.1, -0.05) is 33.3 Å². The number of hydrogen-bond donors (Lipinski definition) is 2. The quantitative estimate of drug-likeness (QED) is 0.784. The fraction of sp³-hybridized carbons (Fsp3) is 0.632. The molecule has 134 valence electrons. The third-order valence-corrected chi connectivity index (χ3v) is 4.55. The molecule has 2 N–H and O–H groups in total. The van der Waals surface area contributed by atoms with Gasteiger partial charge in [0.15, 0.2) is 0 Å². The number of benzene rings is 1. The molecule has 0 bridgehead atoms. The number of amides is 1. The topological polar surface area (TPSA) is 61.8 Å². The molecular formula is C19H30N2O3. The highest BCUT2D eigenvalue weighted by molar-refractivity contribution is 5.86. The number of aliphatic hydroxyl groups is 1. The average molecular weight is 334 g/mol. The summed E-state index contributed by atoms with van der Waals surface area (Å²) in [5, 5.41) is 12.6. The maximum Gasteiger partial charge on any atom is 0.243 e. The first-order valence-electron chi connectivity index (χ1n) is 8.87. The van der Waals surface area contributed by atoms with Gasteiger partial charge in [0.25, 0.3) is 0 Å². The Morgan fingerprint density at radius 2 is 2.17 bits per heavy atom. The number of unbranched alkanes of at least 4 members (excludes halogenated alkanes) is 1. The molecule has 0 radical (unpaired) electrons. The second-order valence-electron chi connectivity index (χ2n) is 6.88. The summed E-state index contributed by atoms with van der Waals surface area (Å²) in [4.78, 5) is 14.6. The molecule has 0 aliphatic carbocycles. The van der Waals surface area contributed by atoms with Crippen LogP contribution >= 0.6 is 0 Å². The fourth-order valence-electron chi connectivity index (χ4n) is 3.26.